The van der Waals surface area contributed by atoms with E-state index < -0.39 is 9.84 Å². The zero-order valence-electron chi connectivity index (χ0n) is 17.4. The Morgan fingerprint density at radius 3 is 2.55 bits per heavy atom. The number of oxime groups is 1. The van der Waals surface area contributed by atoms with Crippen molar-refractivity contribution in [2.45, 2.75) is 49.8 Å². The standard InChI is InChI=1S/C21H25ClN4O4S/c1-13-11-24-20(12-23-13)25-21(27)10-17(14-3-6-16(26-28)7-4-14)15-5-8-19(18(22)9-15)31(2,29)30/h5,8-9,11-12,14,17,28H,3-4,6-7,10H2,1-2H3,(H,24,25,27)/t14?,17-/m1/s1. The summed E-state index contributed by atoms with van der Waals surface area (Å²) in [6, 6.07) is 4.85. The van der Waals surface area contributed by atoms with Gasteiger partial charge in [-0.25, -0.2) is 13.4 Å². The Morgan fingerprint density at radius 1 is 1.29 bits per heavy atom. The Morgan fingerprint density at radius 2 is 2.00 bits per heavy atom. The van der Waals surface area contributed by atoms with Crippen molar-refractivity contribution < 1.29 is 18.4 Å². The Labute approximate surface area is 186 Å². The third kappa shape index (κ3) is 6.01. The van der Waals surface area contributed by atoms with Gasteiger partial charge in [-0.05, 0) is 62.1 Å². The van der Waals surface area contributed by atoms with E-state index in [2.05, 4.69) is 20.4 Å². The lowest BCUT2D eigenvalue weighted by Crippen LogP contribution is -2.25. The van der Waals surface area contributed by atoms with E-state index in [-0.39, 0.29) is 34.1 Å². The van der Waals surface area contributed by atoms with Crippen molar-refractivity contribution in [2.24, 2.45) is 11.1 Å². The molecule has 1 aliphatic rings. The van der Waals surface area contributed by atoms with Crippen molar-refractivity contribution in [1.82, 2.24) is 9.97 Å². The summed E-state index contributed by atoms with van der Waals surface area (Å²) >= 11 is 6.27. The van der Waals surface area contributed by atoms with Gasteiger partial charge in [-0.3, -0.25) is 9.78 Å². The van der Waals surface area contributed by atoms with Gasteiger partial charge in [0.15, 0.2) is 15.7 Å². The van der Waals surface area contributed by atoms with Crippen LogP contribution in [0.25, 0.3) is 0 Å². The predicted octanol–water partition coefficient (Wildman–Crippen LogP) is 3.97. The number of sulfone groups is 1. The van der Waals surface area contributed by atoms with Gasteiger partial charge >= 0.3 is 0 Å². The fourth-order valence-corrected chi connectivity index (χ4v) is 5.27. The van der Waals surface area contributed by atoms with Crippen molar-refractivity contribution in [3.05, 3.63) is 46.9 Å². The van der Waals surface area contributed by atoms with E-state index in [0.717, 1.165) is 36.1 Å². The van der Waals surface area contributed by atoms with E-state index in [0.29, 0.717) is 18.7 Å². The molecule has 31 heavy (non-hydrogen) atoms. The molecule has 10 heteroatoms. The smallest absolute Gasteiger partial charge is 0.226 e. The van der Waals surface area contributed by atoms with Crippen molar-refractivity contribution >= 4 is 38.9 Å². The van der Waals surface area contributed by atoms with Crippen LogP contribution in [-0.2, 0) is 14.6 Å². The van der Waals surface area contributed by atoms with Crippen LogP contribution in [0.4, 0.5) is 5.82 Å². The maximum Gasteiger partial charge on any atom is 0.226 e. The number of rotatable bonds is 6. The number of nitrogens with one attached hydrogen (secondary N) is 1. The van der Waals surface area contributed by atoms with Gasteiger partial charge in [0.05, 0.1) is 33.7 Å². The van der Waals surface area contributed by atoms with Crippen LogP contribution >= 0.6 is 11.6 Å². The summed E-state index contributed by atoms with van der Waals surface area (Å²) in [5.74, 6) is 0.136. The molecule has 1 aliphatic carbocycles. The first-order valence-electron chi connectivity index (χ1n) is 9.95. The molecule has 2 aromatic rings. The van der Waals surface area contributed by atoms with Gasteiger partial charge in [-0.1, -0.05) is 22.8 Å². The summed E-state index contributed by atoms with van der Waals surface area (Å²) in [5, 5.41) is 15.3. The van der Waals surface area contributed by atoms with Gasteiger partial charge in [0.2, 0.25) is 5.91 Å². The first kappa shape index (κ1) is 23.1. The highest BCUT2D eigenvalue weighted by Crippen LogP contribution is 2.39. The van der Waals surface area contributed by atoms with Crippen molar-refractivity contribution in [2.75, 3.05) is 11.6 Å². The van der Waals surface area contributed by atoms with Crippen molar-refractivity contribution in [3.8, 4) is 0 Å². The zero-order chi connectivity index (χ0) is 22.6. The number of carbonyl (C=O) groups is 1. The third-order valence-corrected chi connectivity index (χ3v) is 7.13. The van der Waals surface area contributed by atoms with Crippen LogP contribution in [-0.4, -0.2) is 41.5 Å². The SMILES string of the molecule is Cc1cnc(NC(=O)C[C@@H](c2ccc(S(C)(=O)=O)c(Cl)c2)C2CCC(=NO)CC2)cn1. The molecule has 2 N–H and O–H groups in total. The number of amides is 1. The maximum atomic E-state index is 12.8. The van der Waals surface area contributed by atoms with Gasteiger partial charge in [-0.2, -0.15) is 0 Å². The number of nitrogens with zero attached hydrogens (tertiary/aromatic N) is 3. The molecule has 8 nitrogen and oxygen atoms in total. The van der Waals surface area contributed by atoms with Crippen LogP contribution in [0, 0.1) is 12.8 Å². The van der Waals surface area contributed by atoms with Crippen molar-refractivity contribution in [1.29, 1.82) is 0 Å². The molecule has 166 valence electrons. The Balaban J connectivity index is 1.85. The fraction of sp³-hybridized carbons (Fsp3) is 0.429. The molecule has 1 atom stereocenters. The lowest BCUT2D eigenvalue weighted by molar-refractivity contribution is -0.116. The Kier molecular flexibility index (Phi) is 7.27. The summed E-state index contributed by atoms with van der Waals surface area (Å²) in [6.45, 7) is 1.81. The first-order valence-corrected chi connectivity index (χ1v) is 12.2. The summed E-state index contributed by atoms with van der Waals surface area (Å²) in [4.78, 5) is 21.1. The second-order valence-corrected chi connectivity index (χ2v) is 10.3. The normalized spacial score (nSPS) is 17.8. The lowest BCUT2D eigenvalue weighted by atomic mass is 9.74. The molecule has 1 fully saturated rings. The molecular weight excluding hydrogens is 440 g/mol. The molecule has 1 aromatic carbocycles. The average Bonchev–Trinajstić information content (AvgIpc) is 2.73. The largest absolute Gasteiger partial charge is 0.411 e. The second kappa shape index (κ2) is 9.74. The quantitative estimate of drug-likeness (QED) is 0.492. The molecule has 1 amide bonds. The van der Waals surface area contributed by atoms with Crippen molar-refractivity contribution in [3.63, 3.8) is 0 Å². The number of anilines is 1. The number of halogens is 1. The van der Waals surface area contributed by atoms with E-state index in [1.54, 1.807) is 18.3 Å². The molecule has 0 spiro atoms. The number of hydrogen-bond donors (Lipinski definition) is 2. The summed E-state index contributed by atoms with van der Waals surface area (Å²) < 4.78 is 23.8. The van der Waals surface area contributed by atoms with Gasteiger partial charge < -0.3 is 10.5 Å². The number of carbonyl (C=O) groups excluding carboxylic acids is 1. The van der Waals surface area contributed by atoms with Gasteiger partial charge in [0, 0.05) is 12.7 Å². The zero-order valence-corrected chi connectivity index (χ0v) is 18.9. The maximum absolute atomic E-state index is 12.8. The van der Waals surface area contributed by atoms with Crippen LogP contribution in [0.5, 0.6) is 0 Å². The second-order valence-electron chi connectivity index (χ2n) is 7.87. The van der Waals surface area contributed by atoms with E-state index in [1.165, 1.54) is 12.3 Å². The van der Waals surface area contributed by atoms with Crippen LogP contribution in [0.2, 0.25) is 5.02 Å². The van der Waals surface area contributed by atoms with E-state index in [4.69, 9.17) is 16.8 Å². The lowest BCUT2D eigenvalue weighted by Gasteiger charge is -2.31. The monoisotopic (exact) mass is 464 g/mol. The topological polar surface area (TPSA) is 122 Å². The molecule has 0 bridgehead atoms. The molecule has 1 heterocycles. The summed E-state index contributed by atoms with van der Waals surface area (Å²) in [7, 11) is -3.45. The molecule has 0 unspecified atom stereocenters. The summed E-state index contributed by atoms with van der Waals surface area (Å²) in [5.41, 5.74) is 2.30. The molecule has 1 aromatic heterocycles. The first-order chi connectivity index (χ1) is 14.7. The van der Waals surface area contributed by atoms with Gasteiger partial charge in [0.25, 0.3) is 0 Å². The van der Waals surface area contributed by atoms with Gasteiger partial charge in [0.1, 0.15) is 0 Å². The van der Waals surface area contributed by atoms with E-state index in [9.17, 15) is 13.2 Å². The molecule has 1 saturated carbocycles. The third-order valence-electron chi connectivity index (χ3n) is 5.56. The number of aryl methyl sites for hydroxylation is 1. The van der Waals surface area contributed by atoms with Crippen LogP contribution in [0.1, 0.15) is 49.3 Å². The van der Waals surface area contributed by atoms with Crippen LogP contribution in [0.3, 0.4) is 0 Å². The molecule has 3 rings (SSSR count). The van der Waals surface area contributed by atoms with Crippen LogP contribution in [0.15, 0.2) is 40.6 Å². The number of aromatic nitrogens is 2. The highest BCUT2D eigenvalue weighted by molar-refractivity contribution is 7.90. The average molecular weight is 465 g/mol. The highest BCUT2D eigenvalue weighted by atomic mass is 35.5. The minimum absolute atomic E-state index is 0.0643. The Hall–Kier alpha value is -2.52. The predicted molar refractivity (Wildman–Crippen MR) is 118 cm³/mol. The van der Waals surface area contributed by atoms with Gasteiger partial charge in [-0.15, -0.1) is 0 Å². The Bertz CT molecular complexity index is 1080. The number of benzene rings is 1. The minimum atomic E-state index is -3.45. The van der Waals surface area contributed by atoms with Crippen LogP contribution < -0.4 is 5.32 Å². The minimum Gasteiger partial charge on any atom is -0.411 e. The molecule has 0 aliphatic heterocycles. The highest BCUT2D eigenvalue weighted by Gasteiger charge is 2.30. The summed E-state index contributed by atoms with van der Waals surface area (Å²) in [6.07, 6.45) is 7.19. The molecular formula is C21H25ClN4O4S. The fourth-order valence-electron chi connectivity index (χ4n) is 3.93. The van der Waals surface area contributed by atoms with E-state index >= 15 is 0 Å². The molecule has 0 saturated heterocycles. The number of hydrogen-bond acceptors (Lipinski definition) is 7. The van der Waals surface area contributed by atoms with E-state index in [1.807, 2.05) is 6.92 Å². The molecule has 0 radical (unpaired) electrons.